The number of ether oxygens (including phenoxy) is 1. The van der Waals surface area contributed by atoms with Gasteiger partial charge in [0.25, 0.3) is 0 Å². The van der Waals surface area contributed by atoms with E-state index in [-0.39, 0.29) is 5.97 Å². The Kier molecular flexibility index (Phi) is 6.37. The number of esters is 1. The summed E-state index contributed by atoms with van der Waals surface area (Å²) < 4.78 is 4.79. The van der Waals surface area contributed by atoms with Crippen LogP contribution >= 0.6 is 0 Å². The van der Waals surface area contributed by atoms with Gasteiger partial charge in [0.05, 0.1) is 0 Å². The van der Waals surface area contributed by atoms with Crippen molar-refractivity contribution in [2.45, 2.75) is 27.4 Å². The molecule has 0 aliphatic carbocycles. The highest BCUT2D eigenvalue weighted by atomic mass is 16.5. The molecule has 0 aromatic heterocycles. The summed E-state index contributed by atoms with van der Waals surface area (Å²) in [6.45, 7) is 6.02. The molecule has 0 unspecified atom stereocenters. The first-order valence-electron chi connectivity index (χ1n) is 6.29. The van der Waals surface area contributed by atoms with Crippen molar-refractivity contribution >= 4 is 5.97 Å². The highest BCUT2D eigenvalue weighted by molar-refractivity contribution is 5.65. The zero-order chi connectivity index (χ0) is 14.1. The SMILES string of the molecule is CC(=O)OCc1ccccc1.Cc1ccccc1C. The normalized spacial score (nSPS) is 9.21. The van der Waals surface area contributed by atoms with E-state index in [0.717, 1.165) is 5.56 Å². The average molecular weight is 256 g/mol. The van der Waals surface area contributed by atoms with Crippen molar-refractivity contribution in [3.05, 3.63) is 71.3 Å². The zero-order valence-corrected chi connectivity index (χ0v) is 11.7. The van der Waals surface area contributed by atoms with Gasteiger partial charge >= 0.3 is 5.97 Å². The first kappa shape index (κ1) is 15.0. The fourth-order valence-corrected chi connectivity index (χ4v) is 1.42. The van der Waals surface area contributed by atoms with Crippen LogP contribution in [0.4, 0.5) is 0 Å². The van der Waals surface area contributed by atoms with E-state index < -0.39 is 0 Å². The minimum Gasteiger partial charge on any atom is -0.461 e. The molecule has 19 heavy (non-hydrogen) atoms. The first-order chi connectivity index (χ1) is 9.09. The maximum Gasteiger partial charge on any atom is 0.302 e. The van der Waals surface area contributed by atoms with E-state index in [9.17, 15) is 4.79 Å². The van der Waals surface area contributed by atoms with Crippen molar-refractivity contribution in [2.24, 2.45) is 0 Å². The van der Waals surface area contributed by atoms with Crippen LogP contribution in [0.2, 0.25) is 0 Å². The molecule has 0 aliphatic heterocycles. The Balaban J connectivity index is 0.000000200. The molecule has 0 atom stereocenters. The van der Waals surface area contributed by atoms with E-state index in [1.54, 1.807) is 0 Å². The number of aryl methyl sites for hydroxylation is 2. The monoisotopic (exact) mass is 256 g/mol. The highest BCUT2D eigenvalue weighted by Gasteiger charge is 1.93. The van der Waals surface area contributed by atoms with Crippen molar-refractivity contribution in [2.75, 3.05) is 0 Å². The fraction of sp³-hybridized carbons (Fsp3) is 0.235. The molecule has 0 fully saturated rings. The van der Waals surface area contributed by atoms with Crippen molar-refractivity contribution in [1.29, 1.82) is 0 Å². The molecule has 0 saturated carbocycles. The second kappa shape index (κ2) is 8.09. The number of hydrogen-bond acceptors (Lipinski definition) is 2. The van der Waals surface area contributed by atoms with Gasteiger partial charge in [0.1, 0.15) is 6.61 Å². The van der Waals surface area contributed by atoms with Crippen LogP contribution in [0, 0.1) is 13.8 Å². The highest BCUT2D eigenvalue weighted by Crippen LogP contribution is 2.02. The number of carbonyl (C=O) groups excluding carboxylic acids is 1. The largest absolute Gasteiger partial charge is 0.461 e. The summed E-state index contributed by atoms with van der Waals surface area (Å²) in [5.74, 6) is -0.242. The predicted octanol–water partition coefficient (Wildman–Crippen LogP) is 4.05. The van der Waals surface area contributed by atoms with Crippen molar-refractivity contribution < 1.29 is 9.53 Å². The van der Waals surface area contributed by atoms with Gasteiger partial charge in [-0.15, -0.1) is 0 Å². The molecule has 0 spiro atoms. The molecule has 0 heterocycles. The minimum absolute atomic E-state index is 0.242. The Hall–Kier alpha value is -2.09. The third kappa shape index (κ3) is 6.41. The molecule has 0 bridgehead atoms. The zero-order valence-electron chi connectivity index (χ0n) is 11.7. The molecule has 2 nitrogen and oxygen atoms in total. The number of rotatable bonds is 2. The fourth-order valence-electron chi connectivity index (χ4n) is 1.42. The minimum atomic E-state index is -0.242. The lowest BCUT2D eigenvalue weighted by Crippen LogP contribution is -1.97. The van der Waals surface area contributed by atoms with Crippen molar-refractivity contribution in [1.82, 2.24) is 0 Å². The van der Waals surface area contributed by atoms with Gasteiger partial charge in [0.15, 0.2) is 0 Å². The molecule has 0 N–H and O–H groups in total. The third-order valence-electron chi connectivity index (χ3n) is 2.71. The summed E-state index contributed by atoms with van der Waals surface area (Å²) >= 11 is 0. The molecule has 0 saturated heterocycles. The van der Waals surface area contributed by atoms with E-state index in [4.69, 9.17) is 4.74 Å². The van der Waals surface area contributed by atoms with Crippen LogP contribution in [-0.2, 0) is 16.1 Å². The van der Waals surface area contributed by atoms with E-state index in [2.05, 4.69) is 38.1 Å². The molecular weight excluding hydrogens is 236 g/mol. The third-order valence-corrected chi connectivity index (χ3v) is 2.71. The molecule has 2 aromatic rings. The summed E-state index contributed by atoms with van der Waals surface area (Å²) in [6, 6.07) is 18.0. The van der Waals surface area contributed by atoms with Crippen LogP contribution in [0.15, 0.2) is 54.6 Å². The average Bonchev–Trinajstić information content (AvgIpc) is 2.42. The second-order valence-electron chi connectivity index (χ2n) is 4.35. The molecule has 2 heteroatoms. The summed E-state index contributed by atoms with van der Waals surface area (Å²) in [5.41, 5.74) is 3.75. The Morgan fingerprint density at radius 3 is 1.79 bits per heavy atom. The molecule has 100 valence electrons. The lowest BCUT2D eigenvalue weighted by Gasteiger charge is -1.99. The van der Waals surface area contributed by atoms with E-state index in [1.807, 2.05) is 30.3 Å². The van der Waals surface area contributed by atoms with Crippen LogP contribution in [0.25, 0.3) is 0 Å². The van der Waals surface area contributed by atoms with Gasteiger partial charge in [-0.25, -0.2) is 0 Å². The van der Waals surface area contributed by atoms with Crippen LogP contribution < -0.4 is 0 Å². The summed E-state index contributed by atoms with van der Waals surface area (Å²) in [7, 11) is 0. The van der Waals surface area contributed by atoms with E-state index >= 15 is 0 Å². The second-order valence-corrected chi connectivity index (χ2v) is 4.35. The quantitative estimate of drug-likeness (QED) is 0.758. The van der Waals surface area contributed by atoms with Gasteiger partial charge in [0.2, 0.25) is 0 Å². The van der Waals surface area contributed by atoms with Crippen LogP contribution in [0.5, 0.6) is 0 Å². The van der Waals surface area contributed by atoms with Crippen LogP contribution in [-0.4, -0.2) is 5.97 Å². The predicted molar refractivity (Wildman–Crippen MR) is 77.8 cm³/mol. The maximum absolute atomic E-state index is 10.4. The van der Waals surface area contributed by atoms with E-state index in [1.165, 1.54) is 18.1 Å². The molecule has 0 amide bonds. The summed E-state index contributed by atoms with van der Waals surface area (Å²) in [5, 5.41) is 0. The number of benzene rings is 2. The van der Waals surface area contributed by atoms with Gasteiger partial charge in [-0.1, -0.05) is 54.6 Å². The number of hydrogen-bond donors (Lipinski definition) is 0. The summed E-state index contributed by atoms with van der Waals surface area (Å²) in [6.07, 6.45) is 0. The van der Waals surface area contributed by atoms with Crippen molar-refractivity contribution in [3.8, 4) is 0 Å². The van der Waals surface area contributed by atoms with Crippen molar-refractivity contribution in [3.63, 3.8) is 0 Å². The Bertz CT molecular complexity index is 483. The number of carbonyl (C=O) groups is 1. The van der Waals surface area contributed by atoms with Crippen LogP contribution in [0.1, 0.15) is 23.6 Å². The molecule has 2 aromatic carbocycles. The maximum atomic E-state index is 10.4. The smallest absolute Gasteiger partial charge is 0.302 e. The van der Waals surface area contributed by atoms with Gasteiger partial charge < -0.3 is 4.74 Å². The lowest BCUT2D eigenvalue weighted by molar-refractivity contribution is -0.142. The molecule has 2 rings (SSSR count). The Morgan fingerprint density at radius 2 is 1.37 bits per heavy atom. The van der Waals surface area contributed by atoms with Gasteiger partial charge in [-0.05, 0) is 30.5 Å². The van der Waals surface area contributed by atoms with Gasteiger partial charge in [-0.3, -0.25) is 4.79 Å². The molecule has 0 radical (unpaired) electrons. The Labute approximate surface area is 115 Å². The van der Waals surface area contributed by atoms with Gasteiger partial charge in [-0.2, -0.15) is 0 Å². The molecule has 0 aliphatic rings. The molecular formula is C17H20O2. The van der Waals surface area contributed by atoms with Gasteiger partial charge in [0, 0.05) is 6.92 Å². The summed E-state index contributed by atoms with van der Waals surface area (Å²) in [4.78, 5) is 10.4. The first-order valence-corrected chi connectivity index (χ1v) is 6.29. The lowest BCUT2D eigenvalue weighted by atomic mass is 10.1. The standard InChI is InChI=1S/C9H10O2.C8H10/c1-8(10)11-7-9-5-3-2-4-6-9;1-7-5-3-4-6-8(7)2/h2-6H,7H2,1H3;3-6H,1-2H3. The topological polar surface area (TPSA) is 26.3 Å². The Morgan fingerprint density at radius 1 is 0.895 bits per heavy atom. The van der Waals surface area contributed by atoms with E-state index in [0.29, 0.717) is 6.61 Å². The van der Waals surface area contributed by atoms with Crippen LogP contribution in [0.3, 0.4) is 0 Å².